The van der Waals surface area contributed by atoms with Crippen molar-refractivity contribution < 1.29 is 9.18 Å². The maximum atomic E-state index is 13.1. The van der Waals surface area contributed by atoms with Gasteiger partial charge in [-0.1, -0.05) is 11.6 Å². The number of benzene rings is 1. The highest BCUT2D eigenvalue weighted by molar-refractivity contribution is 5.75. The van der Waals surface area contributed by atoms with Gasteiger partial charge in [-0.25, -0.2) is 14.1 Å². The lowest BCUT2D eigenvalue weighted by atomic mass is 10.2. The molecule has 1 aromatic carbocycles. The van der Waals surface area contributed by atoms with Crippen molar-refractivity contribution in [1.29, 1.82) is 0 Å². The van der Waals surface area contributed by atoms with Crippen LogP contribution in [0.5, 0.6) is 0 Å². The number of halogens is 1. The monoisotopic (exact) mass is 302 g/mol. The molecule has 2 rings (SSSR count). The summed E-state index contributed by atoms with van der Waals surface area (Å²) in [7, 11) is 0. The fourth-order valence-electron chi connectivity index (χ4n) is 2.06. The highest BCUT2D eigenvalue weighted by atomic mass is 19.1. The Morgan fingerprint density at radius 3 is 2.59 bits per heavy atom. The Kier molecular flexibility index (Phi) is 5.04. The normalized spacial score (nSPS) is 10.5. The molecule has 0 saturated carbocycles. The van der Waals surface area contributed by atoms with E-state index in [0.717, 1.165) is 12.2 Å². The van der Waals surface area contributed by atoms with Gasteiger partial charge >= 0.3 is 0 Å². The summed E-state index contributed by atoms with van der Waals surface area (Å²) < 4.78 is 14.7. The molecule has 1 heterocycles. The second kappa shape index (κ2) is 6.98. The van der Waals surface area contributed by atoms with E-state index in [1.54, 1.807) is 16.8 Å². The summed E-state index contributed by atoms with van der Waals surface area (Å²) in [5.74, 6) is 0.309. The van der Waals surface area contributed by atoms with Crippen molar-refractivity contribution in [1.82, 2.24) is 14.8 Å². The number of carbonyl (C=O) groups excluding carboxylic acids is 1. The lowest BCUT2D eigenvalue weighted by Crippen LogP contribution is -2.14. The van der Waals surface area contributed by atoms with Crippen LogP contribution >= 0.6 is 0 Å². The van der Waals surface area contributed by atoms with Gasteiger partial charge in [0.15, 0.2) is 5.82 Å². The molecule has 2 N–H and O–H groups in total. The Balaban J connectivity index is 2.32. The molecule has 0 aliphatic heterocycles. The third-order valence-corrected chi connectivity index (χ3v) is 3.04. The fraction of sp³-hybridized carbons (Fsp3) is 0.312. The zero-order valence-corrected chi connectivity index (χ0v) is 12.7. The van der Waals surface area contributed by atoms with E-state index in [2.05, 4.69) is 16.2 Å². The molecule has 116 valence electrons. The van der Waals surface area contributed by atoms with E-state index in [1.807, 2.05) is 13.8 Å². The number of rotatable bonds is 6. The summed E-state index contributed by atoms with van der Waals surface area (Å²) in [6.45, 7) is 4.06. The Labute approximate surface area is 128 Å². The smallest absolute Gasteiger partial charge is 0.225 e. The molecule has 0 atom stereocenters. The van der Waals surface area contributed by atoms with Gasteiger partial charge in [0.2, 0.25) is 5.91 Å². The summed E-state index contributed by atoms with van der Waals surface area (Å²) in [4.78, 5) is 15.4. The van der Waals surface area contributed by atoms with Crippen LogP contribution in [0, 0.1) is 5.82 Å². The molecule has 6 heteroatoms. The minimum Gasteiger partial charge on any atom is -0.369 e. The standard InChI is InChI=1S/C16H19FN4O/c1-11(2)4-3-5-16-19-15(10-14(18)22)20-21(16)13-8-6-12(17)7-9-13/h4,6-9H,3,5,10H2,1-2H3,(H2,18,22). The van der Waals surface area contributed by atoms with E-state index in [0.29, 0.717) is 17.9 Å². The summed E-state index contributed by atoms with van der Waals surface area (Å²) in [5, 5.41) is 4.31. The number of primary amides is 1. The average molecular weight is 302 g/mol. The van der Waals surface area contributed by atoms with Gasteiger partial charge in [-0.3, -0.25) is 4.79 Å². The first kappa shape index (κ1) is 15.9. The molecule has 0 saturated heterocycles. The minimum atomic E-state index is -0.480. The topological polar surface area (TPSA) is 73.8 Å². The molecule has 0 fully saturated rings. The van der Waals surface area contributed by atoms with Crippen molar-refractivity contribution in [3.8, 4) is 5.69 Å². The van der Waals surface area contributed by atoms with Gasteiger partial charge in [-0.2, -0.15) is 5.10 Å². The number of amides is 1. The van der Waals surface area contributed by atoms with Crippen LogP contribution in [-0.4, -0.2) is 20.7 Å². The molecule has 2 aromatic rings. The van der Waals surface area contributed by atoms with Crippen LogP contribution in [-0.2, 0) is 17.6 Å². The van der Waals surface area contributed by atoms with Gasteiger partial charge < -0.3 is 5.73 Å². The Morgan fingerprint density at radius 2 is 2.00 bits per heavy atom. The number of nitrogens with zero attached hydrogens (tertiary/aromatic N) is 3. The van der Waals surface area contributed by atoms with Crippen molar-refractivity contribution in [3.05, 3.63) is 53.4 Å². The molecule has 0 aliphatic carbocycles. The second-order valence-electron chi connectivity index (χ2n) is 5.30. The fourth-order valence-corrected chi connectivity index (χ4v) is 2.06. The van der Waals surface area contributed by atoms with Gasteiger partial charge in [0.1, 0.15) is 11.6 Å². The molecule has 0 bridgehead atoms. The van der Waals surface area contributed by atoms with Crippen LogP contribution in [0.4, 0.5) is 4.39 Å². The van der Waals surface area contributed by atoms with Crippen molar-refractivity contribution in [2.45, 2.75) is 33.1 Å². The molecule has 0 radical (unpaired) electrons. The maximum absolute atomic E-state index is 13.1. The molecule has 0 spiro atoms. The number of carbonyl (C=O) groups is 1. The number of aryl methyl sites for hydroxylation is 1. The summed E-state index contributed by atoms with van der Waals surface area (Å²) in [5.41, 5.74) is 7.13. The first-order valence-electron chi connectivity index (χ1n) is 7.08. The van der Waals surface area contributed by atoms with Crippen LogP contribution in [0.1, 0.15) is 31.9 Å². The van der Waals surface area contributed by atoms with E-state index in [-0.39, 0.29) is 12.2 Å². The van der Waals surface area contributed by atoms with E-state index in [9.17, 15) is 9.18 Å². The number of nitrogens with two attached hydrogens (primary N) is 1. The average Bonchev–Trinajstić information content (AvgIpc) is 2.81. The Morgan fingerprint density at radius 1 is 1.32 bits per heavy atom. The molecule has 1 amide bonds. The predicted molar refractivity (Wildman–Crippen MR) is 82.0 cm³/mol. The molecule has 5 nitrogen and oxygen atoms in total. The van der Waals surface area contributed by atoms with Crippen LogP contribution < -0.4 is 5.73 Å². The zero-order chi connectivity index (χ0) is 16.1. The summed E-state index contributed by atoms with van der Waals surface area (Å²) >= 11 is 0. The molecule has 0 aliphatic rings. The lowest BCUT2D eigenvalue weighted by Gasteiger charge is -2.05. The Bertz CT molecular complexity index is 685. The first-order chi connectivity index (χ1) is 10.5. The van der Waals surface area contributed by atoms with Crippen molar-refractivity contribution in [2.24, 2.45) is 5.73 Å². The second-order valence-corrected chi connectivity index (χ2v) is 5.30. The van der Waals surface area contributed by atoms with Crippen LogP contribution in [0.2, 0.25) is 0 Å². The number of allylic oxidation sites excluding steroid dienone is 2. The number of aromatic nitrogens is 3. The van der Waals surface area contributed by atoms with Gasteiger partial charge in [0.05, 0.1) is 12.1 Å². The Hall–Kier alpha value is -2.50. The highest BCUT2D eigenvalue weighted by Crippen LogP contribution is 2.13. The third-order valence-electron chi connectivity index (χ3n) is 3.04. The van der Waals surface area contributed by atoms with Gasteiger partial charge in [0, 0.05) is 6.42 Å². The van der Waals surface area contributed by atoms with Crippen molar-refractivity contribution in [2.75, 3.05) is 0 Å². The molecule has 22 heavy (non-hydrogen) atoms. The van der Waals surface area contributed by atoms with Crippen LogP contribution in [0.3, 0.4) is 0 Å². The number of hydrogen-bond donors (Lipinski definition) is 1. The van der Waals surface area contributed by atoms with Crippen LogP contribution in [0.25, 0.3) is 5.69 Å². The van der Waals surface area contributed by atoms with Crippen molar-refractivity contribution in [3.63, 3.8) is 0 Å². The van der Waals surface area contributed by atoms with E-state index >= 15 is 0 Å². The largest absolute Gasteiger partial charge is 0.369 e. The molecule has 1 aromatic heterocycles. The maximum Gasteiger partial charge on any atom is 0.225 e. The SMILES string of the molecule is CC(C)=CCCc1nc(CC(N)=O)nn1-c1ccc(F)cc1. The molecular formula is C16H19FN4O. The van der Waals surface area contributed by atoms with Gasteiger partial charge in [-0.05, 0) is 44.5 Å². The zero-order valence-electron chi connectivity index (χ0n) is 12.7. The minimum absolute atomic E-state index is 0.0101. The summed E-state index contributed by atoms with van der Waals surface area (Å²) in [6.07, 6.45) is 3.59. The van der Waals surface area contributed by atoms with Crippen LogP contribution in [0.15, 0.2) is 35.9 Å². The van der Waals surface area contributed by atoms with Crippen molar-refractivity contribution >= 4 is 5.91 Å². The number of hydrogen-bond acceptors (Lipinski definition) is 3. The molecule has 0 unspecified atom stereocenters. The van der Waals surface area contributed by atoms with E-state index in [4.69, 9.17) is 5.73 Å². The molecular weight excluding hydrogens is 283 g/mol. The lowest BCUT2D eigenvalue weighted by molar-refractivity contribution is -0.117. The first-order valence-corrected chi connectivity index (χ1v) is 7.08. The third kappa shape index (κ3) is 4.25. The van der Waals surface area contributed by atoms with E-state index < -0.39 is 5.91 Å². The van der Waals surface area contributed by atoms with E-state index in [1.165, 1.54) is 17.7 Å². The quantitative estimate of drug-likeness (QED) is 0.832. The van der Waals surface area contributed by atoms with Gasteiger partial charge in [-0.15, -0.1) is 0 Å². The predicted octanol–water partition coefficient (Wildman–Crippen LogP) is 2.33. The van der Waals surface area contributed by atoms with Gasteiger partial charge in [0.25, 0.3) is 0 Å². The highest BCUT2D eigenvalue weighted by Gasteiger charge is 2.13. The summed E-state index contributed by atoms with van der Waals surface area (Å²) in [6, 6.07) is 5.99.